The second-order valence-electron chi connectivity index (χ2n) is 2.62. The van der Waals surface area contributed by atoms with Gasteiger partial charge >= 0.3 is 0 Å². The Balaban J connectivity index is 2.67. The Labute approximate surface area is 82.5 Å². The number of amides is 1. The number of rotatable bonds is 1. The van der Waals surface area contributed by atoms with Crippen molar-refractivity contribution >= 4 is 27.4 Å². The van der Waals surface area contributed by atoms with Crippen molar-refractivity contribution in [2.75, 3.05) is 0 Å². The van der Waals surface area contributed by atoms with Gasteiger partial charge in [-0.05, 0) is 34.1 Å². The van der Waals surface area contributed by atoms with Crippen LogP contribution in [0.1, 0.15) is 10.4 Å². The zero-order valence-corrected chi connectivity index (χ0v) is 8.15. The first-order valence-electron chi connectivity index (χ1n) is 3.61. The summed E-state index contributed by atoms with van der Waals surface area (Å²) in [5, 5.41) is 4.09. The molecule has 0 aromatic carbocycles. The highest BCUT2D eigenvalue weighted by atomic mass is 79.9. The van der Waals surface area contributed by atoms with Crippen LogP contribution >= 0.6 is 15.9 Å². The minimum absolute atomic E-state index is 0.431. The van der Waals surface area contributed by atoms with Crippen molar-refractivity contribution in [3.05, 3.63) is 34.6 Å². The molecule has 66 valence electrons. The van der Waals surface area contributed by atoms with Crippen molar-refractivity contribution in [2.45, 2.75) is 0 Å². The summed E-state index contributed by atoms with van der Waals surface area (Å²) < 4.78 is 2.39. The van der Waals surface area contributed by atoms with E-state index in [0.29, 0.717) is 5.56 Å². The van der Waals surface area contributed by atoms with E-state index >= 15 is 0 Å². The molecule has 13 heavy (non-hydrogen) atoms. The molecule has 0 aliphatic rings. The highest BCUT2D eigenvalue weighted by Gasteiger charge is 2.03. The molecule has 0 unspecified atom stereocenters. The lowest BCUT2D eigenvalue weighted by atomic mass is 10.2. The Hall–Kier alpha value is -1.36. The molecular weight excluding hydrogens is 234 g/mol. The third-order valence-corrected chi connectivity index (χ3v) is 2.11. The second-order valence-corrected chi connectivity index (χ2v) is 3.43. The summed E-state index contributed by atoms with van der Waals surface area (Å²) in [5.74, 6) is -0.431. The van der Waals surface area contributed by atoms with Crippen LogP contribution in [0.15, 0.2) is 29.0 Å². The molecule has 1 amide bonds. The normalized spacial score (nSPS) is 10.5. The van der Waals surface area contributed by atoms with Crippen LogP contribution in [0.5, 0.6) is 0 Å². The van der Waals surface area contributed by atoms with Crippen LogP contribution in [0.4, 0.5) is 0 Å². The quantitative estimate of drug-likeness (QED) is 0.813. The summed E-state index contributed by atoms with van der Waals surface area (Å²) in [6.45, 7) is 0. The van der Waals surface area contributed by atoms with Crippen molar-refractivity contribution in [1.82, 2.24) is 9.61 Å². The monoisotopic (exact) mass is 239 g/mol. The number of fused-ring (bicyclic) bond motifs is 1. The van der Waals surface area contributed by atoms with Gasteiger partial charge in [-0.2, -0.15) is 5.10 Å². The molecule has 0 radical (unpaired) electrons. The van der Waals surface area contributed by atoms with E-state index in [-0.39, 0.29) is 0 Å². The minimum atomic E-state index is -0.431. The SMILES string of the molecule is NC(=O)c1ccn2nc(Br)cc2c1. The predicted molar refractivity (Wildman–Crippen MR) is 51.4 cm³/mol. The van der Waals surface area contributed by atoms with Gasteiger partial charge in [0.1, 0.15) is 4.60 Å². The molecule has 5 heteroatoms. The molecule has 4 nitrogen and oxygen atoms in total. The molecule has 2 rings (SSSR count). The fourth-order valence-corrected chi connectivity index (χ4v) is 1.52. The first kappa shape index (κ1) is 8.25. The average molecular weight is 240 g/mol. The molecule has 0 bridgehead atoms. The fourth-order valence-electron chi connectivity index (χ4n) is 1.12. The van der Waals surface area contributed by atoms with E-state index in [1.807, 2.05) is 6.07 Å². The summed E-state index contributed by atoms with van der Waals surface area (Å²) in [6.07, 6.45) is 1.69. The maximum Gasteiger partial charge on any atom is 0.248 e. The summed E-state index contributed by atoms with van der Waals surface area (Å²) >= 11 is 3.24. The summed E-state index contributed by atoms with van der Waals surface area (Å²) in [5.41, 5.74) is 6.45. The first-order chi connectivity index (χ1) is 6.16. The number of halogens is 1. The summed E-state index contributed by atoms with van der Waals surface area (Å²) in [4.78, 5) is 10.8. The van der Waals surface area contributed by atoms with Crippen molar-refractivity contribution in [3.63, 3.8) is 0 Å². The van der Waals surface area contributed by atoms with Gasteiger partial charge in [-0.3, -0.25) is 4.79 Å². The smallest absolute Gasteiger partial charge is 0.248 e. The van der Waals surface area contributed by atoms with Crippen LogP contribution in [0.2, 0.25) is 0 Å². The molecule has 0 aliphatic carbocycles. The zero-order valence-electron chi connectivity index (χ0n) is 6.57. The maximum absolute atomic E-state index is 10.8. The number of hydrogen-bond acceptors (Lipinski definition) is 2. The van der Waals surface area contributed by atoms with Crippen molar-refractivity contribution in [1.29, 1.82) is 0 Å². The standard InChI is InChI=1S/C8H6BrN3O/c9-7-4-6-3-5(8(10)13)1-2-12(6)11-7/h1-4H,(H2,10,13). The number of primary amides is 1. The predicted octanol–water partition coefficient (Wildman–Crippen LogP) is 1.20. The summed E-state index contributed by atoms with van der Waals surface area (Å²) in [7, 11) is 0. The van der Waals surface area contributed by atoms with Crippen molar-refractivity contribution < 1.29 is 4.79 Å². The van der Waals surface area contributed by atoms with Crippen molar-refractivity contribution in [2.24, 2.45) is 5.73 Å². The number of aromatic nitrogens is 2. The van der Waals surface area contributed by atoms with Gasteiger partial charge in [0.25, 0.3) is 0 Å². The van der Waals surface area contributed by atoms with E-state index < -0.39 is 5.91 Å². The van der Waals surface area contributed by atoms with Crippen LogP contribution in [0.25, 0.3) is 5.52 Å². The number of pyridine rings is 1. The Bertz CT molecular complexity index is 477. The molecule has 0 aliphatic heterocycles. The van der Waals surface area contributed by atoms with Gasteiger partial charge in [-0.15, -0.1) is 0 Å². The van der Waals surface area contributed by atoms with Gasteiger partial charge in [0, 0.05) is 11.8 Å². The molecule has 2 aromatic heterocycles. The molecular formula is C8H6BrN3O. The number of nitrogens with zero attached hydrogens (tertiary/aromatic N) is 2. The zero-order chi connectivity index (χ0) is 9.42. The number of carbonyl (C=O) groups is 1. The Morgan fingerprint density at radius 2 is 2.31 bits per heavy atom. The second kappa shape index (κ2) is 2.85. The van der Waals surface area contributed by atoms with Crippen LogP contribution < -0.4 is 5.73 Å². The van der Waals surface area contributed by atoms with Gasteiger partial charge in [0.2, 0.25) is 5.91 Å². The lowest BCUT2D eigenvalue weighted by molar-refractivity contribution is 0.100. The average Bonchev–Trinajstić information content (AvgIpc) is 2.42. The first-order valence-corrected chi connectivity index (χ1v) is 4.41. The summed E-state index contributed by atoms with van der Waals surface area (Å²) in [6, 6.07) is 5.14. The maximum atomic E-state index is 10.8. The molecule has 0 spiro atoms. The number of nitrogens with two attached hydrogens (primary N) is 1. The third-order valence-electron chi connectivity index (χ3n) is 1.72. The number of hydrogen-bond donors (Lipinski definition) is 1. The Morgan fingerprint density at radius 3 is 3.00 bits per heavy atom. The van der Waals surface area contributed by atoms with E-state index in [1.165, 1.54) is 0 Å². The van der Waals surface area contributed by atoms with E-state index in [0.717, 1.165) is 10.1 Å². The van der Waals surface area contributed by atoms with Crippen LogP contribution in [0, 0.1) is 0 Å². The van der Waals surface area contributed by atoms with Crippen LogP contribution in [-0.4, -0.2) is 15.5 Å². The van der Waals surface area contributed by atoms with Gasteiger partial charge in [0.15, 0.2) is 0 Å². The minimum Gasteiger partial charge on any atom is -0.366 e. The molecule has 0 atom stereocenters. The highest BCUT2D eigenvalue weighted by molar-refractivity contribution is 9.10. The lowest BCUT2D eigenvalue weighted by Gasteiger charge is -1.95. The molecule has 0 saturated heterocycles. The van der Waals surface area contributed by atoms with E-state index in [1.54, 1.807) is 22.8 Å². The van der Waals surface area contributed by atoms with Gasteiger partial charge in [-0.1, -0.05) is 0 Å². The van der Waals surface area contributed by atoms with Gasteiger partial charge in [0.05, 0.1) is 5.52 Å². The molecule has 0 fully saturated rings. The van der Waals surface area contributed by atoms with Crippen LogP contribution in [0.3, 0.4) is 0 Å². The highest BCUT2D eigenvalue weighted by Crippen LogP contribution is 2.12. The molecule has 2 heterocycles. The van der Waals surface area contributed by atoms with Crippen molar-refractivity contribution in [3.8, 4) is 0 Å². The van der Waals surface area contributed by atoms with E-state index in [4.69, 9.17) is 5.73 Å². The Kier molecular flexibility index (Phi) is 1.81. The third kappa shape index (κ3) is 1.42. The fraction of sp³-hybridized carbons (Fsp3) is 0. The van der Waals surface area contributed by atoms with E-state index in [2.05, 4.69) is 21.0 Å². The Morgan fingerprint density at radius 1 is 1.54 bits per heavy atom. The van der Waals surface area contributed by atoms with E-state index in [9.17, 15) is 4.79 Å². The molecule has 2 aromatic rings. The molecule has 0 saturated carbocycles. The largest absolute Gasteiger partial charge is 0.366 e. The van der Waals surface area contributed by atoms with Crippen LogP contribution in [-0.2, 0) is 0 Å². The molecule has 2 N–H and O–H groups in total. The van der Waals surface area contributed by atoms with Gasteiger partial charge < -0.3 is 5.73 Å². The number of carbonyl (C=O) groups excluding carboxylic acids is 1. The lowest BCUT2D eigenvalue weighted by Crippen LogP contribution is -2.10. The van der Waals surface area contributed by atoms with Gasteiger partial charge in [-0.25, -0.2) is 4.52 Å². The topological polar surface area (TPSA) is 60.4 Å².